The molecule has 0 aromatic rings. The van der Waals surface area contributed by atoms with Crippen LogP contribution in [-0.4, -0.2) is 54.1 Å². The molecule has 3 amide bonds. The first-order valence-corrected chi connectivity index (χ1v) is 7.64. The minimum Gasteiger partial charge on any atom is -0.463 e. The molecule has 0 aliphatic carbocycles. The second kappa shape index (κ2) is 8.00. The Morgan fingerprint density at radius 2 is 2.00 bits per heavy atom. The van der Waals surface area contributed by atoms with Crippen LogP contribution in [0.25, 0.3) is 0 Å². The van der Waals surface area contributed by atoms with Crippen molar-refractivity contribution in [3.8, 4) is 0 Å². The Kier molecular flexibility index (Phi) is 6.59. The van der Waals surface area contributed by atoms with Crippen LogP contribution in [0.15, 0.2) is 11.3 Å². The molecule has 0 fully saturated rings. The quantitative estimate of drug-likeness (QED) is 0.535. The molecule has 9 heteroatoms. The molecule has 0 saturated carbocycles. The zero-order chi connectivity index (χ0) is 18.5. The van der Waals surface area contributed by atoms with Gasteiger partial charge in [0.15, 0.2) is 0 Å². The fourth-order valence-electron chi connectivity index (χ4n) is 2.20. The lowest BCUT2D eigenvalue weighted by molar-refractivity contribution is -0.139. The van der Waals surface area contributed by atoms with Crippen molar-refractivity contribution in [2.75, 3.05) is 13.2 Å². The van der Waals surface area contributed by atoms with Gasteiger partial charge < -0.3 is 30.5 Å². The maximum atomic E-state index is 12.2. The number of aliphatic hydroxyl groups is 1. The molecule has 0 unspecified atom stereocenters. The van der Waals surface area contributed by atoms with Crippen molar-refractivity contribution in [2.24, 2.45) is 0 Å². The van der Waals surface area contributed by atoms with Crippen molar-refractivity contribution >= 4 is 18.1 Å². The number of alkyl carbamates (subject to hydrolysis) is 1. The third-order valence-corrected chi connectivity index (χ3v) is 3.10. The Bertz CT molecular complexity index is 538. The number of hydrogen-bond acceptors (Lipinski definition) is 6. The summed E-state index contributed by atoms with van der Waals surface area (Å²) in [7, 11) is 0. The molecule has 9 nitrogen and oxygen atoms in total. The van der Waals surface area contributed by atoms with E-state index in [0.29, 0.717) is 5.70 Å². The van der Waals surface area contributed by atoms with Gasteiger partial charge in [-0.1, -0.05) is 0 Å². The average Bonchev–Trinajstić information content (AvgIpc) is 2.42. The molecule has 1 rings (SSSR count). The van der Waals surface area contributed by atoms with Gasteiger partial charge in [0.2, 0.25) is 0 Å². The maximum Gasteiger partial charge on any atom is 0.408 e. The second-order valence-electron chi connectivity index (χ2n) is 6.27. The molecule has 2 atom stereocenters. The minimum atomic E-state index is -0.958. The van der Waals surface area contributed by atoms with Crippen molar-refractivity contribution < 1.29 is 29.0 Å². The molecule has 0 saturated heterocycles. The third-order valence-electron chi connectivity index (χ3n) is 3.10. The van der Waals surface area contributed by atoms with Crippen molar-refractivity contribution in [1.82, 2.24) is 16.0 Å². The predicted molar refractivity (Wildman–Crippen MR) is 85.0 cm³/mol. The first kappa shape index (κ1) is 19.8. The Morgan fingerprint density at radius 1 is 1.38 bits per heavy atom. The van der Waals surface area contributed by atoms with Crippen LogP contribution in [0, 0.1) is 0 Å². The number of aliphatic hydroxyl groups excluding tert-OH is 1. The fraction of sp³-hybridized carbons (Fsp3) is 0.667. The van der Waals surface area contributed by atoms with E-state index in [1.807, 2.05) is 0 Å². The van der Waals surface area contributed by atoms with E-state index < -0.39 is 42.4 Å². The van der Waals surface area contributed by atoms with Gasteiger partial charge in [0.25, 0.3) is 0 Å². The number of ether oxygens (including phenoxy) is 2. The monoisotopic (exact) mass is 343 g/mol. The molecule has 24 heavy (non-hydrogen) atoms. The highest BCUT2D eigenvalue weighted by Crippen LogP contribution is 2.17. The standard InChI is InChI=1S/C15H25N3O6/c1-6-23-12(20)10-8(2)16-13(21)18-11(10)9(7-19)17-14(22)24-15(3,4)5/h9,11,19H,6-7H2,1-5H3,(H,17,22)(H2,16,18,21)/t9-,11+/m1/s1. The van der Waals surface area contributed by atoms with Gasteiger partial charge in [0.05, 0.1) is 30.9 Å². The number of nitrogens with one attached hydrogen (secondary N) is 3. The lowest BCUT2D eigenvalue weighted by Gasteiger charge is -2.33. The Hall–Kier alpha value is -2.29. The summed E-state index contributed by atoms with van der Waals surface area (Å²) in [4.78, 5) is 35.8. The van der Waals surface area contributed by atoms with E-state index in [9.17, 15) is 19.5 Å². The average molecular weight is 343 g/mol. The third kappa shape index (κ3) is 5.41. The molecule has 0 bridgehead atoms. The molecule has 0 spiro atoms. The Morgan fingerprint density at radius 3 is 2.50 bits per heavy atom. The van der Waals surface area contributed by atoms with Crippen LogP contribution in [0.4, 0.5) is 9.59 Å². The summed E-state index contributed by atoms with van der Waals surface area (Å²) < 4.78 is 10.1. The largest absolute Gasteiger partial charge is 0.463 e. The van der Waals surface area contributed by atoms with E-state index in [4.69, 9.17) is 9.47 Å². The SMILES string of the molecule is CCOC(=O)C1=C(C)NC(=O)N[C@H]1[C@@H](CO)NC(=O)OC(C)(C)C. The number of esters is 1. The number of carbonyl (C=O) groups is 3. The van der Waals surface area contributed by atoms with Crippen molar-refractivity contribution in [1.29, 1.82) is 0 Å². The number of urea groups is 1. The van der Waals surface area contributed by atoms with E-state index in [1.54, 1.807) is 34.6 Å². The van der Waals surface area contributed by atoms with Gasteiger partial charge in [-0.25, -0.2) is 14.4 Å². The Labute approximate surface area is 140 Å². The highest BCUT2D eigenvalue weighted by atomic mass is 16.6. The van der Waals surface area contributed by atoms with E-state index in [-0.39, 0.29) is 12.2 Å². The van der Waals surface area contributed by atoms with E-state index in [2.05, 4.69) is 16.0 Å². The van der Waals surface area contributed by atoms with Crippen LogP contribution in [-0.2, 0) is 14.3 Å². The van der Waals surface area contributed by atoms with Crippen molar-refractivity contribution in [2.45, 2.75) is 52.3 Å². The second-order valence-corrected chi connectivity index (χ2v) is 6.27. The zero-order valence-corrected chi connectivity index (χ0v) is 14.6. The summed E-state index contributed by atoms with van der Waals surface area (Å²) >= 11 is 0. The smallest absolute Gasteiger partial charge is 0.408 e. The molecular formula is C15H25N3O6. The lowest BCUT2D eigenvalue weighted by atomic mass is 9.96. The van der Waals surface area contributed by atoms with Crippen LogP contribution in [0.2, 0.25) is 0 Å². The van der Waals surface area contributed by atoms with Gasteiger partial charge in [-0.2, -0.15) is 0 Å². The fourth-order valence-corrected chi connectivity index (χ4v) is 2.20. The van der Waals surface area contributed by atoms with Gasteiger partial charge in [0.1, 0.15) is 5.60 Å². The molecule has 4 N–H and O–H groups in total. The summed E-state index contributed by atoms with van der Waals surface area (Å²) in [6.45, 7) is 7.92. The number of amides is 3. The topological polar surface area (TPSA) is 126 Å². The zero-order valence-electron chi connectivity index (χ0n) is 14.6. The molecule has 1 aliphatic rings. The summed E-state index contributed by atoms with van der Waals surface area (Å²) in [5, 5.41) is 17.1. The van der Waals surface area contributed by atoms with Gasteiger partial charge in [-0.15, -0.1) is 0 Å². The molecule has 1 heterocycles. The maximum absolute atomic E-state index is 12.2. The van der Waals surface area contributed by atoms with Crippen LogP contribution in [0.5, 0.6) is 0 Å². The van der Waals surface area contributed by atoms with Gasteiger partial charge in [0, 0.05) is 5.70 Å². The summed E-state index contributed by atoms with van der Waals surface area (Å²) in [5.74, 6) is -0.642. The van der Waals surface area contributed by atoms with E-state index in [1.165, 1.54) is 0 Å². The highest BCUT2D eigenvalue weighted by molar-refractivity contribution is 5.95. The summed E-state index contributed by atoms with van der Waals surface area (Å²) in [6.07, 6.45) is -0.768. The van der Waals surface area contributed by atoms with Gasteiger partial charge in [-0.05, 0) is 34.6 Å². The predicted octanol–water partition coefficient (Wildman–Crippen LogP) is 0.390. The summed E-state index contributed by atoms with van der Waals surface area (Å²) in [5.41, 5.74) is -0.296. The molecular weight excluding hydrogens is 318 g/mol. The van der Waals surface area contributed by atoms with E-state index in [0.717, 1.165) is 0 Å². The van der Waals surface area contributed by atoms with Crippen LogP contribution in [0.1, 0.15) is 34.6 Å². The lowest BCUT2D eigenvalue weighted by Crippen LogP contribution is -2.60. The van der Waals surface area contributed by atoms with Crippen molar-refractivity contribution in [3.63, 3.8) is 0 Å². The van der Waals surface area contributed by atoms with Crippen LogP contribution in [0.3, 0.4) is 0 Å². The number of hydrogen-bond donors (Lipinski definition) is 4. The molecule has 136 valence electrons. The molecule has 0 aromatic heterocycles. The highest BCUT2D eigenvalue weighted by Gasteiger charge is 2.37. The van der Waals surface area contributed by atoms with Crippen LogP contribution < -0.4 is 16.0 Å². The first-order valence-electron chi connectivity index (χ1n) is 7.64. The first-order chi connectivity index (χ1) is 11.1. The van der Waals surface area contributed by atoms with Gasteiger partial charge in [-0.3, -0.25) is 0 Å². The normalized spacial score (nSPS) is 19.1. The summed E-state index contributed by atoms with van der Waals surface area (Å²) in [6, 6.07) is -2.45. The minimum absolute atomic E-state index is 0.131. The molecule has 0 aromatic carbocycles. The van der Waals surface area contributed by atoms with Gasteiger partial charge >= 0.3 is 18.1 Å². The number of allylic oxidation sites excluding steroid dienone is 1. The molecule has 1 aliphatic heterocycles. The Balaban J connectivity index is 3.02. The number of rotatable bonds is 5. The molecule has 0 radical (unpaired) electrons. The number of carbonyl (C=O) groups excluding carboxylic acids is 3. The van der Waals surface area contributed by atoms with Crippen LogP contribution >= 0.6 is 0 Å². The van der Waals surface area contributed by atoms with E-state index >= 15 is 0 Å². The van der Waals surface area contributed by atoms with Crippen molar-refractivity contribution in [3.05, 3.63) is 11.3 Å².